The topological polar surface area (TPSA) is 125 Å². The molecule has 0 aromatic carbocycles. The number of nitrogens with two attached hydrogens (primary N) is 1. The SMILES string of the molecule is CI.CN(C)CCO.Cc1ccc(C)c(C#N)n1.Cc1ccc(C)c(CN)n1.Cc1ccc(C)c(Cl)n1.Cc1cccnc1Cl. The van der Waals surface area contributed by atoms with E-state index in [2.05, 4.69) is 42.5 Å². The molecule has 0 saturated carbocycles. The predicted octanol–water partition coefficient (Wildman–Crippen LogP) is 7.71. The van der Waals surface area contributed by atoms with E-state index in [9.17, 15) is 0 Å². The van der Waals surface area contributed by atoms with E-state index in [1.54, 1.807) is 6.20 Å². The van der Waals surface area contributed by atoms with E-state index in [0.29, 0.717) is 22.5 Å². The summed E-state index contributed by atoms with van der Waals surface area (Å²) >= 11 is 13.5. The lowest BCUT2D eigenvalue weighted by Gasteiger charge is -2.03. The summed E-state index contributed by atoms with van der Waals surface area (Å²) in [4.78, 5) is 20.1. The van der Waals surface area contributed by atoms with Crippen molar-refractivity contribution in [3.63, 3.8) is 0 Å². The van der Waals surface area contributed by atoms with Gasteiger partial charge in [-0.2, -0.15) is 5.26 Å². The number of nitrogens with zero attached hydrogens (tertiary/aromatic N) is 6. The summed E-state index contributed by atoms with van der Waals surface area (Å²) in [6.07, 6.45) is 1.68. The summed E-state index contributed by atoms with van der Waals surface area (Å²) < 4.78 is 0. The summed E-state index contributed by atoms with van der Waals surface area (Å²) in [6.45, 7) is 15.1. The monoisotopic (exact) mass is 767 g/mol. The molecule has 4 rings (SSSR count). The van der Waals surface area contributed by atoms with Crippen LogP contribution >= 0.6 is 45.8 Å². The van der Waals surface area contributed by atoms with Crippen molar-refractivity contribution in [2.24, 2.45) is 5.73 Å². The molecule has 11 heteroatoms. The van der Waals surface area contributed by atoms with Crippen LogP contribution in [0.4, 0.5) is 0 Å². The van der Waals surface area contributed by atoms with E-state index in [1.165, 1.54) is 5.56 Å². The average molecular weight is 769 g/mol. The molecule has 4 heterocycles. The van der Waals surface area contributed by atoms with Gasteiger partial charge < -0.3 is 15.7 Å². The fourth-order valence-corrected chi connectivity index (χ4v) is 3.20. The zero-order valence-corrected chi connectivity index (χ0v) is 31.8. The number of rotatable bonds is 3. The number of aryl methyl sites for hydroxylation is 7. The van der Waals surface area contributed by atoms with Crippen LogP contribution in [0.2, 0.25) is 10.3 Å². The van der Waals surface area contributed by atoms with Crippen molar-refractivity contribution >= 4 is 45.8 Å². The lowest BCUT2D eigenvalue weighted by atomic mass is 10.2. The van der Waals surface area contributed by atoms with Crippen LogP contribution in [0.3, 0.4) is 0 Å². The minimum Gasteiger partial charge on any atom is -0.395 e. The Kier molecular flexibility index (Phi) is 26.1. The number of aliphatic hydroxyl groups is 1. The van der Waals surface area contributed by atoms with Gasteiger partial charge in [0.25, 0.3) is 0 Å². The maximum absolute atomic E-state index is 8.53. The molecular formula is C34H48Cl2IN7O. The number of nitriles is 1. The smallest absolute Gasteiger partial charge is 0.143 e. The maximum atomic E-state index is 8.53. The molecule has 0 spiro atoms. The Balaban J connectivity index is 0. The van der Waals surface area contributed by atoms with Crippen LogP contribution in [0.5, 0.6) is 0 Å². The molecule has 0 fully saturated rings. The molecule has 3 N–H and O–H groups in total. The van der Waals surface area contributed by atoms with Crippen molar-refractivity contribution < 1.29 is 5.11 Å². The van der Waals surface area contributed by atoms with E-state index >= 15 is 0 Å². The Morgan fingerprint density at radius 1 is 0.756 bits per heavy atom. The summed E-state index contributed by atoms with van der Waals surface area (Å²) in [5, 5.41) is 17.9. The van der Waals surface area contributed by atoms with E-state index < -0.39 is 0 Å². The minimum absolute atomic E-state index is 0.257. The van der Waals surface area contributed by atoms with Gasteiger partial charge in [-0.3, -0.25) is 4.98 Å². The summed E-state index contributed by atoms with van der Waals surface area (Å²) in [5.74, 6) is 0. The van der Waals surface area contributed by atoms with Gasteiger partial charge >= 0.3 is 0 Å². The van der Waals surface area contributed by atoms with Crippen LogP contribution in [0.25, 0.3) is 0 Å². The standard InChI is InChI=1S/C8H12N2.C8H8N2.C7H8ClN.C6H6ClN.C4H11NO.CH3I/c2*1-6-3-4-7(2)10-8(6)5-9;1-5-3-4-6(2)9-7(5)8;1-5-3-2-4-8-6(5)7;1-5(2)3-4-6;1-2/h3-4H,5,9H2,1-2H3;3-4H,1-2H3;3-4H,1-2H3;2-4H,1H3;6H,3-4H2,1-2H3;1H3. The molecule has 8 nitrogen and oxygen atoms in total. The Labute approximate surface area is 294 Å². The second-order valence-electron chi connectivity index (χ2n) is 9.85. The molecule has 4 aromatic heterocycles. The highest BCUT2D eigenvalue weighted by atomic mass is 127. The maximum Gasteiger partial charge on any atom is 0.143 e. The van der Waals surface area contributed by atoms with Gasteiger partial charge in [-0.05, 0) is 114 Å². The lowest BCUT2D eigenvalue weighted by Crippen LogP contribution is -2.15. The van der Waals surface area contributed by atoms with Gasteiger partial charge in [0.1, 0.15) is 22.1 Å². The van der Waals surface area contributed by atoms with Crippen LogP contribution in [-0.4, -0.2) is 62.1 Å². The Morgan fingerprint density at radius 2 is 1.24 bits per heavy atom. The van der Waals surface area contributed by atoms with Gasteiger partial charge in [0.15, 0.2) is 0 Å². The van der Waals surface area contributed by atoms with Gasteiger partial charge in [0, 0.05) is 36.4 Å². The third kappa shape index (κ3) is 21.6. The van der Waals surface area contributed by atoms with Crippen LogP contribution in [0.15, 0.2) is 54.7 Å². The van der Waals surface area contributed by atoms with Crippen molar-refractivity contribution in [2.45, 2.75) is 55.0 Å². The summed E-state index contributed by atoms with van der Waals surface area (Å²) in [5.41, 5.74) is 14.0. The number of halogens is 3. The molecule has 0 aliphatic rings. The highest BCUT2D eigenvalue weighted by Gasteiger charge is 1.97. The molecule has 45 heavy (non-hydrogen) atoms. The molecule has 246 valence electrons. The quantitative estimate of drug-likeness (QED) is 0.123. The summed E-state index contributed by atoms with van der Waals surface area (Å²) in [7, 11) is 3.85. The van der Waals surface area contributed by atoms with Crippen LogP contribution < -0.4 is 5.73 Å². The molecule has 0 saturated heterocycles. The zero-order valence-electron chi connectivity index (χ0n) is 28.2. The highest BCUT2D eigenvalue weighted by Crippen LogP contribution is 2.11. The largest absolute Gasteiger partial charge is 0.395 e. The molecule has 0 aliphatic heterocycles. The first-order valence-electron chi connectivity index (χ1n) is 14.0. The second-order valence-corrected chi connectivity index (χ2v) is 10.6. The highest BCUT2D eigenvalue weighted by molar-refractivity contribution is 14.1. The van der Waals surface area contributed by atoms with Gasteiger partial charge in [0.05, 0.1) is 12.3 Å². The Morgan fingerprint density at radius 3 is 1.58 bits per heavy atom. The number of aliphatic hydroxyl groups excluding tert-OH is 1. The molecule has 0 aliphatic carbocycles. The number of alkyl halides is 1. The van der Waals surface area contributed by atoms with Crippen LogP contribution in [0.1, 0.15) is 50.7 Å². The molecular weight excluding hydrogens is 720 g/mol. The summed E-state index contributed by atoms with van der Waals surface area (Å²) in [6, 6.07) is 17.6. The second kappa shape index (κ2) is 26.5. The number of pyridine rings is 4. The van der Waals surface area contributed by atoms with Gasteiger partial charge in [-0.15, -0.1) is 0 Å². The average Bonchev–Trinajstić information content (AvgIpc) is 3.01. The number of aromatic nitrogens is 4. The van der Waals surface area contributed by atoms with Gasteiger partial charge in [0.2, 0.25) is 0 Å². The zero-order chi connectivity index (χ0) is 34.9. The molecule has 0 unspecified atom stereocenters. The molecule has 0 radical (unpaired) electrons. The minimum atomic E-state index is 0.257. The lowest BCUT2D eigenvalue weighted by molar-refractivity contribution is 0.243. The molecule has 0 bridgehead atoms. The van der Waals surface area contributed by atoms with Gasteiger partial charge in [-0.25, -0.2) is 15.0 Å². The van der Waals surface area contributed by atoms with Crippen molar-refractivity contribution in [1.29, 1.82) is 5.26 Å². The van der Waals surface area contributed by atoms with Crippen molar-refractivity contribution in [1.82, 2.24) is 24.8 Å². The van der Waals surface area contributed by atoms with E-state index in [1.807, 2.05) is 127 Å². The predicted molar refractivity (Wildman–Crippen MR) is 198 cm³/mol. The number of likely N-dealkylation sites (N-methyl/N-ethyl adjacent to an activating group) is 1. The number of hydrogen-bond acceptors (Lipinski definition) is 8. The third-order valence-electron chi connectivity index (χ3n) is 5.54. The Bertz CT molecular complexity index is 1410. The fraction of sp³-hybridized carbons (Fsp3) is 0.382. The van der Waals surface area contributed by atoms with E-state index in [0.717, 1.165) is 46.0 Å². The normalized spacial score (nSPS) is 9.22. The first-order valence-corrected chi connectivity index (χ1v) is 16.9. The fourth-order valence-electron chi connectivity index (χ4n) is 2.89. The first-order chi connectivity index (χ1) is 21.2. The van der Waals surface area contributed by atoms with Crippen molar-refractivity contribution in [2.75, 3.05) is 32.2 Å². The number of hydrogen-bond donors (Lipinski definition) is 2. The molecule has 4 aromatic rings. The van der Waals surface area contributed by atoms with Crippen molar-refractivity contribution in [3.8, 4) is 6.07 Å². The Hall–Kier alpha value is -2.72. The first kappa shape index (κ1) is 44.4. The van der Waals surface area contributed by atoms with Crippen LogP contribution in [-0.2, 0) is 6.54 Å². The molecule has 0 amide bonds. The van der Waals surface area contributed by atoms with Crippen molar-refractivity contribution in [3.05, 3.63) is 116 Å². The molecule has 0 atom stereocenters. The van der Waals surface area contributed by atoms with Crippen LogP contribution in [0, 0.1) is 59.8 Å². The van der Waals surface area contributed by atoms with Gasteiger partial charge in [-0.1, -0.05) is 70.1 Å². The third-order valence-corrected chi connectivity index (χ3v) is 6.32. The van der Waals surface area contributed by atoms with E-state index in [-0.39, 0.29) is 6.61 Å². The van der Waals surface area contributed by atoms with E-state index in [4.69, 9.17) is 39.3 Å².